The average Bonchev–Trinajstić information content (AvgIpc) is 3.09. The Bertz CT molecular complexity index is 462. The number of rotatable bonds is 4. The lowest BCUT2D eigenvalue weighted by atomic mass is 9.99. The van der Waals surface area contributed by atoms with E-state index in [0.29, 0.717) is 11.8 Å². The van der Waals surface area contributed by atoms with Crippen LogP contribution in [0.5, 0.6) is 0 Å². The Labute approximate surface area is 121 Å². The molecule has 1 aliphatic heterocycles. The third-order valence-electron chi connectivity index (χ3n) is 4.81. The average molecular weight is 275 g/mol. The van der Waals surface area contributed by atoms with E-state index in [4.69, 9.17) is 5.10 Å². The number of piperidine rings is 1. The lowest BCUT2D eigenvalue weighted by molar-refractivity contribution is -0.123. The van der Waals surface area contributed by atoms with Crippen molar-refractivity contribution in [3.63, 3.8) is 0 Å². The third kappa shape index (κ3) is 2.95. The molecular formula is C16H25N3O. The molecule has 2 fully saturated rings. The largest absolute Gasteiger partial charge is 0.298 e. The van der Waals surface area contributed by atoms with Crippen molar-refractivity contribution in [2.24, 2.45) is 0 Å². The van der Waals surface area contributed by atoms with Crippen LogP contribution in [0.25, 0.3) is 0 Å². The summed E-state index contributed by atoms with van der Waals surface area (Å²) in [5.74, 6) is 0.305. The van der Waals surface area contributed by atoms with Crippen LogP contribution in [0, 0.1) is 0 Å². The SMILES string of the molecule is CC(=O)C1CCCCN1Cc1ccn(C2CCCC2)n1. The van der Waals surface area contributed by atoms with Crippen molar-refractivity contribution in [2.45, 2.75) is 70.5 Å². The first kappa shape index (κ1) is 13.8. The molecule has 0 bridgehead atoms. The van der Waals surface area contributed by atoms with Gasteiger partial charge in [0.25, 0.3) is 0 Å². The molecule has 1 aromatic heterocycles. The smallest absolute Gasteiger partial charge is 0.146 e. The zero-order chi connectivity index (χ0) is 13.9. The van der Waals surface area contributed by atoms with Gasteiger partial charge in [-0.2, -0.15) is 5.10 Å². The second-order valence-electron chi connectivity index (χ2n) is 6.32. The Hall–Kier alpha value is -1.16. The molecule has 110 valence electrons. The van der Waals surface area contributed by atoms with Crippen LogP contribution in [-0.2, 0) is 11.3 Å². The van der Waals surface area contributed by atoms with E-state index >= 15 is 0 Å². The summed E-state index contributed by atoms with van der Waals surface area (Å²) in [4.78, 5) is 14.1. The monoisotopic (exact) mass is 275 g/mol. The molecule has 0 amide bonds. The first-order chi connectivity index (χ1) is 9.74. The molecule has 1 saturated heterocycles. The van der Waals surface area contributed by atoms with Crippen molar-refractivity contribution in [3.05, 3.63) is 18.0 Å². The zero-order valence-electron chi connectivity index (χ0n) is 12.4. The van der Waals surface area contributed by atoms with Crippen LogP contribution in [0.1, 0.15) is 63.6 Å². The van der Waals surface area contributed by atoms with Gasteiger partial charge in [-0.15, -0.1) is 0 Å². The van der Waals surface area contributed by atoms with Crippen LogP contribution >= 0.6 is 0 Å². The summed E-state index contributed by atoms with van der Waals surface area (Å²) in [6.45, 7) is 3.57. The number of carbonyl (C=O) groups is 1. The Balaban J connectivity index is 1.65. The lowest BCUT2D eigenvalue weighted by Crippen LogP contribution is -2.43. The Morgan fingerprint density at radius 2 is 2.00 bits per heavy atom. The number of carbonyl (C=O) groups excluding carboxylic acids is 1. The normalized spacial score (nSPS) is 25.1. The van der Waals surface area contributed by atoms with Gasteiger partial charge < -0.3 is 0 Å². The van der Waals surface area contributed by atoms with Crippen LogP contribution in [0.15, 0.2) is 12.3 Å². The number of likely N-dealkylation sites (tertiary alicyclic amines) is 1. The van der Waals surface area contributed by atoms with Gasteiger partial charge in [-0.05, 0) is 45.2 Å². The van der Waals surface area contributed by atoms with E-state index in [1.807, 2.05) is 0 Å². The van der Waals surface area contributed by atoms with Crippen molar-refractivity contribution >= 4 is 5.78 Å². The first-order valence-corrected chi connectivity index (χ1v) is 8.02. The molecule has 0 aromatic carbocycles. The van der Waals surface area contributed by atoms with E-state index in [9.17, 15) is 4.79 Å². The lowest BCUT2D eigenvalue weighted by Gasteiger charge is -2.33. The van der Waals surface area contributed by atoms with Crippen molar-refractivity contribution in [3.8, 4) is 0 Å². The Morgan fingerprint density at radius 1 is 1.25 bits per heavy atom. The Morgan fingerprint density at radius 3 is 2.75 bits per heavy atom. The van der Waals surface area contributed by atoms with Gasteiger partial charge in [0.1, 0.15) is 5.78 Å². The van der Waals surface area contributed by atoms with Crippen molar-refractivity contribution in [2.75, 3.05) is 6.54 Å². The summed E-state index contributed by atoms with van der Waals surface area (Å²) >= 11 is 0. The number of Topliss-reactive ketones (excluding diaryl/α,β-unsaturated/α-hetero) is 1. The highest BCUT2D eigenvalue weighted by atomic mass is 16.1. The van der Waals surface area contributed by atoms with E-state index in [-0.39, 0.29) is 6.04 Å². The topological polar surface area (TPSA) is 38.1 Å². The minimum Gasteiger partial charge on any atom is -0.298 e. The Kier molecular flexibility index (Phi) is 4.20. The highest BCUT2D eigenvalue weighted by Crippen LogP contribution is 2.29. The highest BCUT2D eigenvalue weighted by Gasteiger charge is 2.26. The molecule has 3 rings (SSSR count). The van der Waals surface area contributed by atoms with Gasteiger partial charge >= 0.3 is 0 Å². The fourth-order valence-electron chi connectivity index (χ4n) is 3.68. The molecule has 2 aliphatic rings. The predicted octanol–water partition coefficient (Wildman–Crippen LogP) is 2.94. The molecule has 1 atom stereocenters. The molecular weight excluding hydrogens is 250 g/mol. The minimum atomic E-state index is 0.111. The van der Waals surface area contributed by atoms with Gasteiger partial charge in [0.05, 0.1) is 17.8 Å². The van der Waals surface area contributed by atoms with Gasteiger partial charge in [0.15, 0.2) is 0 Å². The van der Waals surface area contributed by atoms with Crippen molar-refractivity contribution in [1.29, 1.82) is 0 Å². The molecule has 0 radical (unpaired) electrons. The van der Waals surface area contributed by atoms with Gasteiger partial charge in [-0.1, -0.05) is 19.3 Å². The molecule has 1 aliphatic carbocycles. The highest BCUT2D eigenvalue weighted by molar-refractivity contribution is 5.81. The number of hydrogen-bond acceptors (Lipinski definition) is 3. The van der Waals surface area contributed by atoms with Crippen LogP contribution < -0.4 is 0 Å². The van der Waals surface area contributed by atoms with E-state index in [0.717, 1.165) is 25.2 Å². The van der Waals surface area contributed by atoms with E-state index < -0.39 is 0 Å². The first-order valence-electron chi connectivity index (χ1n) is 8.02. The van der Waals surface area contributed by atoms with Crippen LogP contribution in [0.3, 0.4) is 0 Å². The molecule has 1 unspecified atom stereocenters. The maximum absolute atomic E-state index is 11.7. The summed E-state index contributed by atoms with van der Waals surface area (Å²) in [6.07, 6.45) is 10.7. The predicted molar refractivity (Wildman–Crippen MR) is 78.5 cm³/mol. The maximum Gasteiger partial charge on any atom is 0.146 e. The van der Waals surface area contributed by atoms with E-state index in [1.54, 1.807) is 6.92 Å². The maximum atomic E-state index is 11.7. The van der Waals surface area contributed by atoms with E-state index in [2.05, 4.69) is 21.8 Å². The zero-order valence-corrected chi connectivity index (χ0v) is 12.4. The standard InChI is InChI=1S/C16H25N3O/c1-13(20)16-8-4-5-10-18(16)12-14-9-11-19(17-14)15-6-2-3-7-15/h9,11,15-16H,2-8,10,12H2,1H3. The second kappa shape index (κ2) is 6.08. The molecule has 20 heavy (non-hydrogen) atoms. The van der Waals surface area contributed by atoms with E-state index in [1.165, 1.54) is 38.5 Å². The minimum absolute atomic E-state index is 0.111. The third-order valence-corrected chi connectivity index (χ3v) is 4.81. The van der Waals surface area contributed by atoms with Gasteiger partial charge in [-0.25, -0.2) is 0 Å². The summed E-state index contributed by atoms with van der Waals surface area (Å²) in [5.41, 5.74) is 1.12. The summed E-state index contributed by atoms with van der Waals surface area (Å²) < 4.78 is 2.15. The number of hydrogen-bond donors (Lipinski definition) is 0. The number of nitrogens with zero attached hydrogens (tertiary/aromatic N) is 3. The summed E-state index contributed by atoms with van der Waals surface area (Å²) in [7, 11) is 0. The fraction of sp³-hybridized carbons (Fsp3) is 0.750. The molecule has 2 heterocycles. The second-order valence-corrected chi connectivity index (χ2v) is 6.32. The molecule has 0 N–H and O–H groups in total. The van der Waals surface area contributed by atoms with Gasteiger partial charge in [0, 0.05) is 12.7 Å². The summed E-state index contributed by atoms with van der Waals surface area (Å²) in [5, 5.41) is 4.74. The van der Waals surface area contributed by atoms with Gasteiger partial charge in [0.2, 0.25) is 0 Å². The molecule has 4 nitrogen and oxygen atoms in total. The van der Waals surface area contributed by atoms with Gasteiger partial charge in [-0.3, -0.25) is 14.4 Å². The molecule has 4 heteroatoms. The van der Waals surface area contributed by atoms with Crippen LogP contribution in [-0.4, -0.2) is 33.1 Å². The summed E-state index contributed by atoms with van der Waals surface area (Å²) in [6, 6.07) is 2.85. The fourth-order valence-corrected chi connectivity index (χ4v) is 3.68. The van der Waals surface area contributed by atoms with Crippen LogP contribution in [0.2, 0.25) is 0 Å². The molecule has 0 spiro atoms. The quantitative estimate of drug-likeness (QED) is 0.848. The van der Waals surface area contributed by atoms with Crippen molar-refractivity contribution < 1.29 is 4.79 Å². The number of ketones is 1. The van der Waals surface area contributed by atoms with Crippen molar-refractivity contribution in [1.82, 2.24) is 14.7 Å². The molecule has 1 saturated carbocycles. The molecule has 1 aromatic rings. The van der Waals surface area contributed by atoms with Crippen LogP contribution in [0.4, 0.5) is 0 Å². The number of aromatic nitrogens is 2.